The van der Waals surface area contributed by atoms with E-state index < -0.39 is 0 Å². The summed E-state index contributed by atoms with van der Waals surface area (Å²) in [5.74, 6) is 1.81. The van der Waals surface area contributed by atoms with Gasteiger partial charge in [0.1, 0.15) is 12.4 Å². The quantitative estimate of drug-likeness (QED) is 0.397. The predicted molar refractivity (Wildman–Crippen MR) is 125 cm³/mol. The average Bonchev–Trinajstić information content (AvgIpc) is 2.82. The Labute approximate surface area is 180 Å². The lowest BCUT2D eigenvalue weighted by Gasteiger charge is -2.12. The van der Waals surface area contributed by atoms with Gasteiger partial charge < -0.3 is 9.47 Å². The van der Waals surface area contributed by atoms with Crippen LogP contribution in [0.2, 0.25) is 0 Å². The topological polar surface area (TPSA) is 53.3 Å². The summed E-state index contributed by atoms with van der Waals surface area (Å²) in [7, 11) is 1.60. The Morgan fingerprint density at radius 2 is 1.74 bits per heavy atom. The largest absolute Gasteiger partial charge is 0.493 e. The van der Waals surface area contributed by atoms with Crippen molar-refractivity contribution in [2.75, 3.05) is 13.7 Å². The average molecular weight is 410 g/mol. The number of rotatable bonds is 7. The van der Waals surface area contributed by atoms with Crippen molar-refractivity contribution >= 4 is 23.1 Å². The molecular weight excluding hydrogens is 388 g/mol. The molecule has 1 heterocycles. The molecule has 1 aromatic heterocycles. The zero-order chi connectivity index (χ0) is 21.6. The van der Waals surface area contributed by atoms with Crippen LogP contribution in [0.3, 0.4) is 0 Å². The van der Waals surface area contributed by atoms with Crippen molar-refractivity contribution in [3.8, 4) is 17.2 Å². The number of hydrogen-bond acceptors (Lipinski definition) is 4. The van der Waals surface area contributed by atoms with E-state index in [1.165, 1.54) is 0 Å². The van der Waals surface area contributed by atoms with E-state index in [9.17, 15) is 4.79 Å². The highest BCUT2D eigenvalue weighted by molar-refractivity contribution is 5.80. The van der Waals surface area contributed by atoms with Crippen LogP contribution in [0.4, 0.5) is 0 Å². The van der Waals surface area contributed by atoms with Crippen molar-refractivity contribution in [2.24, 2.45) is 0 Å². The van der Waals surface area contributed by atoms with Crippen molar-refractivity contribution < 1.29 is 9.47 Å². The van der Waals surface area contributed by atoms with Gasteiger partial charge in [-0.15, -0.1) is 0 Å². The minimum absolute atomic E-state index is 0.109. The molecule has 0 atom stereocenters. The molecule has 0 bridgehead atoms. The first kappa shape index (κ1) is 20.2. The standard InChI is InChI=1S/C26H22N2O3/c1-3-17-31-23-15-13-19(18-24(23)30-2)14-16-25-27-22-12-8-7-11-21(22)26(29)28(25)20-9-5-4-6-10-20/h3-16,18H,1,17H2,2H3/b16-14+. The van der Waals surface area contributed by atoms with Crippen LogP contribution in [0.25, 0.3) is 28.7 Å². The third kappa shape index (κ3) is 4.26. The lowest BCUT2D eigenvalue weighted by atomic mass is 10.1. The third-order valence-corrected chi connectivity index (χ3v) is 4.79. The van der Waals surface area contributed by atoms with Crippen LogP contribution >= 0.6 is 0 Å². The smallest absolute Gasteiger partial charge is 0.266 e. The number of methoxy groups -OCH3 is 1. The molecule has 4 aromatic rings. The van der Waals surface area contributed by atoms with Crippen LogP contribution in [0.1, 0.15) is 11.4 Å². The van der Waals surface area contributed by atoms with Gasteiger partial charge in [-0.1, -0.05) is 55.1 Å². The molecule has 3 aromatic carbocycles. The first-order chi connectivity index (χ1) is 15.2. The van der Waals surface area contributed by atoms with E-state index in [4.69, 9.17) is 14.5 Å². The van der Waals surface area contributed by atoms with Crippen molar-refractivity contribution in [1.29, 1.82) is 0 Å². The first-order valence-electron chi connectivity index (χ1n) is 9.88. The summed E-state index contributed by atoms with van der Waals surface area (Å²) in [6, 6.07) is 22.5. The monoisotopic (exact) mass is 410 g/mol. The number of hydrogen-bond donors (Lipinski definition) is 0. The van der Waals surface area contributed by atoms with Crippen LogP contribution in [0, 0.1) is 0 Å². The van der Waals surface area contributed by atoms with E-state index >= 15 is 0 Å². The summed E-state index contributed by atoms with van der Waals surface area (Å²) in [4.78, 5) is 18.0. The van der Waals surface area contributed by atoms with Crippen LogP contribution in [0.5, 0.6) is 11.5 Å². The summed E-state index contributed by atoms with van der Waals surface area (Å²) < 4.78 is 12.7. The van der Waals surface area contributed by atoms with Gasteiger partial charge in [-0.05, 0) is 48.0 Å². The zero-order valence-corrected chi connectivity index (χ0v) is 17.2. The molecule has 0 aliphatic carbocycles. The maximum absolute atomic E-state index is 13.3. The maximum atomic E-state index is 13.3. The summed E-state index contributed by atoms with van der Waals surface area (Å²) in [5, 5.41) is 0.578. The zero-order valence-electron chi connectivity index (χ0n) is 17.2. The minimum Gasteiger partial charge on any atom is -0.493 e. The highest BCUT2D eigenvalue weighted by atomic mass is 16.5. The second-order valence-corrected chi connectivity index (χ2v) is 6.81. The summed E-state index contributed by atoms with van der Waals surface area (Å²) >= 11 is 0. The van der Waals surface area contributed by atoms with E-state index in [-0.39, 0.29) is 5.56 Å². The molecule has 154 valence electrons. The van der Waals surface area contributed by atoms with Crippen LogP contribution < -0.4 is 15.0 Å². The Kier molecular flexibility index (Phi) is 5.94. The van der Waals surface area contributed by atoms with Gasteiger partial charge in [-0.3, -0.25) is 9.36 Å². The fraction of sp³-hybridized carbons (Fsp3) is 0.0769. The summed E-state index contributed by atoms with van der Waals surface area (Å²) in [5.41, 5.74) is 2.20. The molecule has 0 N–H and O–H groups in total. The molecule has 5 nitrogen and oxygen atoms in total. The van der Waals surface area contributed by atoms with Crippen LogP contribution in [-0.2, 0) is 0 Å². The van der Waals surface area contributed by atoms with Crippen molar-refractivity contribution in [3.63, 3.8) is 0 Å². The van der Waals surface area contributed by atoms with Gasteiger partial charge in [0.25, 0.3) is 5.56 Å². The molecule has 31 heavy (non-hydrogen) atoms. The summed E-state index contributed by atoms with van der Waals surface area (Å²) in [6.07, 6.45) is 5.41. The Morgan fingerprint density at radius 1 is 0.968 bits per heavy atom. The molecule has 0 spiro atoms. The molecule has 0 saturated heterocycles. The Hall–Kier alpha value is -4.12. The fourth-order valence-corrected chi connectivity index (χ4v) is 3.31. The minimum atomic E-state index is -0.109. The second kappa shape index (κ2) is 9.13. The van der Waals surface area contributed by atoms with Gasteiger partial charge in [0.2, 0.25) is 0 Å². The molecule has 4 rings (SSSR count). The molecule has 0 unspecified atom stereocenters. The second-order valence-electron chi connectivity index (χ2n) is 6.81. The molecule has 5 heteroatoms. The SMILES string of the molecule is C=CCOc1ccc(/C=C/c2nc3ccccc3c(=O)n2-c2ccccc2)cc1OC. The van der Waals surface area contributed by atoms with E-state index in [0.717, 1.165) is 11.3 Å². The Balaban J connectivity index is 1.80. The number of benzene rings is 3. The third-order valence-electron chi connectivity index (χ3n) is 4.79. The molecule has 0 aliphatic heterocycles. The first-order valence-corrected chi connectivity index (χ1v) is 9.88. The lowest BCUT2D eigenvalue weighted by Crippen LogP contribution is -2.22. The van der Waals surface area contributed by atoms with E-state index in [1.54, 1.807) is 23.8 Å². The number of para-hydroxylation sites is 2. The van der Waals surface area contributed by atoms with E-state index in [0.29, 0.717) is 34.8 Å². The van der Waals surface area contributed by atoms with Crippen molar-refractivity contribution in [2.45, 2.75) is 0 Å². The van der Waals surface area contributed by atoms with Crippen LogP contribution in [0.15, 0.2) is 90.2 Å². The van der Waals surface area contributed by atoms with E-state index in [1.807, 2.05) is 78.9 Å². The normalized spacial score (nSPS) is 11.0. The van der Waals surface area contributed by atoms with E-state index in [2.05, 4.69) is 6.58 Å². The lowest BCUT2D eigenvalue weighted by molar-refractivity contribution is 0.326. The molecule has 0 saturated carbocycles. The fourth-order valence-electron chi connectivity index (χ4n) is 3.31. The molecule has 0 fully saturated rings. The number of aromatic nitrogens is 2. The van der Waals surface area contributed by atoms with Gasteiger partial charge in [-0.25, -0.2) is 4.98 Å². The molecular formula is C26H22N2O3. The number of fused-ring (bicyclic) bond motifs is 1. The number of ether oxygens (including phenoxy) is 2. The predicted octanol–water partition coefficient (Wildman–Crippen LogP) is 5.13. The van der Waals surface area contributed by atoms with Gasteiger partial charge >= 0.3 is 0 Å². The van der Waals surface area contributed by atoms with Crippen molar-refractivity contribution in [1.82, 2.24) is 9.55 Å². The highest BCUT2D eigenvalue weighted by Gasteiger charge is 2.11. The van der Waals surface area contributed by atoms with Crippen LogP contribution in [-0.4, -0.2) is 23.3 Å². The van der Waals surface area contributed by atoms with Gasteiger partial charge in [0, 0.05) is 0 Å². The number of nitrogens with zero attached hydrogens (tertiary/aromatic N) is 2. The Morgan fingerprint density at radius 3 is 2.52 bits per heavy atom. The molecule has 0 amide bonds. The van der Waals surface area contributed by atoms with Gasteiger partial charge in [0.05, 0.1) is 23.7 Å². The molecule has 0 radical (unpaired) electrons. The van der Waals surface area contributed by atoms with Crippen molar-refractivity contribution in [3.05, 3.63) is 107 Å². The molecule has 0 aliphatic rings. The highest BCUT2D eigenvalue weighted by Crippen LogP contribution is 2.29. The Bertz CT molecular complexity index is 1310. The van der Waals surface area contributed by atoms with Gasteiger partial charge in [0.15, 0.2) is 11.5 Å². The summed E-state index contributed by atoms with van der Waals surface area (Å²) in [6.45, 7) is 4.06. The van der Waals surface area contributed by atoms with Gasteiger partial charge in [-0.2, -0.15) is 0 Å². The maximum Gasteiger partial charge on any atom is 0.266 e.